The van der Waals surface area contributed by atoms with Gasteiger partial charge in [-0.1, -0.05) is 0 Å². The Morgan fingerprint density at radius 2 is 2.04 bits per heavy atom. The third-order valence-corrected chi connectivity index (χ3v) is 5.20. The largest absolute Gasteiger partial charge is 0.355 e. The summed E-state index contributed by atoms with van der Waals surface area (Å²) in [6.45, 7) is 4.50. The minimum absolute atomic E-state index is 0.0911. The van der Waals surface area contributed by atoms with E-state index >= 15 is 0 Å². The Bertz CT molecular complexity index is 782. The summed E-state index contributed by atoms with van der Waals surface area (Å²) in [5.41, 5.74) is 1.01. The van der Waals surface area contributed by atoms with E-state index in [0.29, 0.717) is 6.54 Å². The average molecular weight is 358 g/mol. The molecule has 4 rings (SSSR count). The van der Waals surface area contributed by atoms with Gasteiger partial charge in [-0.2, -0.15) is 10.2 Å². The van der Waals surface area contributed by atoms with Crippen molar-refractivity contribution in [2.45, 2.75) is 51.2 Å². The van der Waals surface area contributed by atoms with Crippen LogP contribution in [0.15, 0.2) is 12.4 Å². The van der Waals surface area contributed by atoms with Gasteiger partial charge in [0, 0.05) is 38.7 Å². The molecule has 9 heteroatoms. The smallest absolute Gasteiger partial charge is 0.315 e. The number of aromatic nitrogens is 5. The maximum absolute atomic E-state index is 12.4. The molecule has 2 aromatic rings. The number of nitrogens with zero attached hydrogens (tertiary/aromatic N) is 6. The van der Waals surface area contributed by atoms with Crippen LogP contribution in [0.3, 0.4) is 0 Å². The summed E-state index contributed by atoms with van der Waals surface area (Å²) in [4.78, 5) is 19.0. The van der Waals surface area contributed by atoms with Crippen LogP contribution in [-0.2, 0) is 20.0 Å². The van der Waals surface area contributed by atoms with E-state index in [1.54, 1.807) is 6.33 Å². The van der Waals surface area contributed by atoms with Gasteiger partial charge in [0.15, 0.2) is 0 Å². The van der Waals surface area contributed by atoms with E-state index in [4.69, 9.17) is 0 Å². The molecule has 4 heterocycles. The average Bonchev–Trinajstić information content (AvgIpc) is 3.20. The number of carbonyl (C=O) groups is 1. The van der Waals surface area contributed by atoms with Gasteiger partial charge in [-0.05, 0) is 26.2 Å². The molecule has 2 amide bonds. The molecule has 2 atom stereocenters. The minimum Gasteiger partial charge on any atom is -0.355 e. The van der Waals surface area contributed by atoms with Gasteiger partial charge in [-0.3, -0.25) is 4.68 Å². The monoisotopic (exact) mass is 358 g/mol. The number of piperidine rings is 1. The molecule has 9 nitrogen and oxygen atoms in total. The van der Waals surface area contributed by atoms with E-state index < -0.39 is 0 Å². The first kappa shape index (κ1) is 16.9. The molecule has 2 aromatic heterocycles. The Balaban J connectivity index is 1.31. The number of amides is 2. The number of anilines is 1. The SMILES string of the molecule is Cc1cc(N2CCCC(NC(=O)NC3CCc4ncnn4C3)C2)n(C)n1. The topological polar surface area (TPSA) is 92.9 Å². The predicted molar refractivity (Wildman–Crippen MR) is 97.0 cm³/mol. The Labute approximate surface area is 152 Å². The molecule has 1 saturated heterocycles. The maximum atomic E-state index is 12.4. The highest BCUT2D eigenvalue weighted by molar-refractivity contribution is 5.74. The summed E-state index contributed by atoms with van der Waals surface area (Å²) in [5.74, 6) is 2.11. The first-order chi connectivity index (χ1) is 12.6. The predicted octanol–water partition coefficient (Wildman–Crippen LogP) is 0.603. The number of hydrogen-bond donors (Lipinski definition) is 2. The highest BCUT2D eigenvalue weighted by Gasteiger charge is 2.25. The molecular weight excluding hydrogens is 332 g/mol. The number of hydrogen-bond acceptors (Lipinski definition) is 5. The second-order valence-corrected chi connectivity index (χ2v) is 7.26. The quantitative estimate of drug-likeness (QED) is 0.838. The Hall–Kier alpha value is -2.58. The number of urea groups is 1. The zero-order valence-electron chi connectivity index (χ0n) is 15.4. The van der Waals surface area contributed by atoms with Gasteiger partial charge < -0.3 is 15.5 Å². The highest BCUT2D eigenvalue weighted by atomic mass is 16.2. The molecule has 26 heavy (non-hydrogen) atoms. The van der Waals surface area contributed by atoms with Gasteiger partial charge in [0.2, 0.25) is 0 Å². The van der Waals surface area contributed by atoms with E-state index in [1.165, 1.54) is 0 Å². The highest BCUT2D eigenvalue weighted by Crippen LogP contribution is 2.20. The lowest BCUT2D eigenvalue weighted by molar-refractivity contribution is 0.226. The second-order valence-electron chi connectivity index (χ2n) is 7.26. The van der Waals surface area contributed by atoms with Crippen LogP contribution >= 0.6 is 0 Å². The van der Waals surface area contributed by atoms with E-state index in [1.807, 2.05) is 23.3 Å². The first-order valence-electron chi connectivity index (χ1n) is 9.28. The van der Waals surface area contributed by atoms with Crippen LogP contribution in [0.25, 0.3) is 0 Å². The Morgan fingerprint density at radius 1 is 1.23 bits per heavy atom. The van der Waals surface area contributed by atoms with Crippen molar-refractivity contribution in [3.63, 3.8) is 0 Å². The lowest BCUT2D eigenvalue weighted by Crippen LogP contribution is -2.53. The van der Waals surface area contributed by atoms with Crippen molar-refractivity contribution < 1.29 is 4.79 Å². The second kappa shape index (κ2) is 6.97. The van der Waals surface area contributed by atoms with Crippen LogP contribution < -0.4 is 15.5 Å². The summed E-state index contributed by atoms with van der Waals surface area (Å²) >= 11 is 0. The van der Waals surface area contributed by atoms with E-state index in [0.717, 1.165) is 56.1 Å². The standard InChI is InChI=1S/C17H26N8O/c1-12-8-16(23(2)22-12)24-7-3-4-13(9-24)20-17(26)21-14-5-6-15-18-11-19-25(15)10-14/h8,11,13-14H,3-7,9-10H2,1-2H3,(H2,20,21,26). The van der Waals surface area contributed by atoms with Crippen molar-refractivity contribution >= 4 is 11.8 Å². The molecule has 0 bridgehead atoms. The molecule has 2 unspecified atom stereocenters. The summed E-state index contributed by atoms with van der Waals surface area (Å²) < 4.78 is 3.79. The zero-order chi connectivity index (χ0) is 18.1. The Morgan fingerprint density at radius 3 is 2.81 bits per heavy atom. The van der Waals surface area contributed by atoms with Crippen molar-refractivity contribution in [3.05, 3.63) is 23.9 Å². The molecule has 0 radical (unpaired) electrons. The van der Waals surface area contributed by atoms with Crippen molar-refractivity contribution in [2.75, 3.05) is 18.0 Å². The van der Waals surface area contributed by atoms with Crippen molar-refractivity contribution in [2.24, 2.45) is 7.05 Å². The van der Waals surface area contributed by atoms with Crippen LogP contribution in [0, 0.1) is 6.92 Å². The molecule has 0 aromatic carbocycles. The fourth-order valence-electron chi connectivity index (χ4n) is 3.96. The Kier molecular flexibility index (Phi) is 4.52. The lowest BCUT2D eigenvalue weighted by Gasteiger charge is -2.34. The van der Waals surface area contributed by atoms with Crippen molar-refractivity contribution in [3.8, 4) is 0 Å². The third kappa shape index (κ3) is 3.51. The molecule has 0 aliphatic carbocycles. The number of rotatable bonds is 3. The van der Waals surface area contributed by atoms with Crippen LogP contribution in [0.2, 0.25) is 0 Å². The van der Waals surface area contributed by atoms with Crippen LogP contribution in [0.4, 0.5) is 10.6 Å². The lowest BCUT2D eigenvalue weighted by atomic mass is 10.1. The van der Waals surface area contributed by atoms with Gasteiger partial charge in [-0.15, -0.1) is 0 Å². The van der Waals surface area contributed by atoms with Gasteiger partial charge >= 0.3 is 6.03 Å². The number of carbonyl (C=O) groups excluding carboxylic acids is 1. The molecule has 0 saturated carbocycles. The summed E-state index contributed by atoms with van der Waals surface area (Å²) in [5, 5.41) is 14.9. The van der Waals surface area contributed by atoms with Gasteiger partial charge in [0.1, 0.15) is 18.0 Å². The van der Waals surface area contributed by atoms with Crippen LogP contribution in [0.5, 0.6) is 0 Å². The number of nitrogens with one attached hydrogen (secondary N) is 2. The number of aryl methyl sites for hydroxylation is 3. The third-order valence-electron chi connectivity index (χ3n) is 5.20. The van der Waals surface area contributed by atoms with Gasteiger partial charge in [-0.25, -0.2) is 14.5 Å². The van der Waals surface area contributed by atoms with E-state index in [9.17, 15) is 4.79 Å². The first-order valence-corrected chi connectivity index (χ1v) is 9.28. The molecule has 2 aliphatic rings. The van der Waals surface area contributed by atoms with Crippen LogP contribution in [-0.4, -0.2) is 55.7 Å². The molecule has 2 aliphatic heterocycles. The van der Waals surface area contributed by atoms with Gasteiger partial charge in [0.05, 0.1) is 18.3 Å². The zero-order valence-corrected chi connectivity index (χ0v) is 15.4. The maximum Gasteiger partial charge on any atom is 0.315 e. The molecule has 0 spiro atoms. The molecule has 140 valence electrons. The summed E-state index contributed by atoms with van der Waals surface area (Å²) in [6.07, 6.45) is 5.38. The fourth-order valence-corrected chi connectivity index (χ4v) is 3.96. The van der Waals surface area contributed by atoms with Crippen LogP contribution in [0.1, 0.15) is 30.8 Å². The number of fused-ring (bicyclic) bond motifs is 1. The minimum atomic E-state index is -0.0911. The van der Waals surface area contributed by atoms with Crippen molar-refractivity contribution in [1.29, 1.82) is 0 Å². The molecule has 2 N–H and O–H groups in total. The molecular formula is C17H26N8O. The fraction of sp³-hybridized carbons (Fsp3) is 0.647. The summed E-state index contributed by atoms with van der Waals surface area (Å²) in [7, 11) is 1.97. The van der Waals surface area contributed by atoms with E-state index in [-0.39, 0.29) is 18.1 Å². The summed E-state index contributed by atoms with van der Waals surface area (Å²) in [6, 6.07) is 2.25. The normalized spacial score (nSPS) is 22.8. The molecule has 1 fully saturated rings. The van der Waals surface area contributed by atoms with Gasteiger partial charge in [0.25, 0.3) is 0 Å². The van der Waals surface area contributed by atoms with E-state index in [2.05, 4.69) is 36.8 Å². The van der Waals surface area contributed by atoms with Crippen molar-refractivity contribution in [1.82, 2.24) is 35.2 Å².